The first-order valence-electron chi connectivity index (χ1n) is 5.03. The van der Waals surface area contributed by atoms with Crippen LogP contribution >= 0.6 is 11.8 Å². The lowest BCUT2D eigenvalue weighted by Gasteiger charge is -2.04. The summed E-state index contributed by atoms with van der Waals surface area (Å²) in [7, 11) is 0. The minimum absolute atomic E-state index is 0.344. The van der Waals surface area contributed by atoms with Crippen LogP contribution in [0.2, 0.25) is 0 Å². The van der Waals surface area contributed by atoms with Crippen LogP contribution in [-0.4, -0.2) is 27.7 Å². The number of benzene rings is 1. The molecule has 0 spiro atoms. The monoisotopic (exact) mass is 235 g/mol. The third-order valence-corrected chi connectivity index (χ3v) is 3.15. The Morgan fingerprint density at radius 3 is 2.94 bits per heavy atom. The van der Waals surface area contributed by atoms with Crippen molar-refractivity contribution in [3.8, 4) is 0 Å². The topological polar surface area (TPSA) is 42.2 Å². The number of rotatable bonds is 4. The van der Waals surface area contributed by atoms with Crippen LogP contribution in [0.25, 0.3) is 10.9 Å². The molecule has 0 radical (unpaired) electrons. The van der Waals surface area contributed by atoms with Gasteiger partial charge >= 0.3 is 5.97 Å². The van der Waals surface area contributed by atoms with Gasteiger partial charge in [-0.05, 0) is 29.8 Å². The molecule has 0 saturated carbocycles. The number of aryl methyl sites for hydroxylation is 1. The first kappa shape index (κ1) is 11.1. The molecule has 0 aliphatic rings. The lowest BCUT2D eigenvalue weighted by Crippen LogP contribution is -2.00. The largest absolute Gasteiger partial charge is 0.478 e. The minimum atomic E-state index is -0.875. The van der Waals surface area contributed by atoms with E-state index in [1.807, 2.05) is 18.3 Å². The van der Waals surface area contributed by atoms with Crippen molar-refractivity contribution in [3.63, 3.8) is 0 Å². The van der Waals surface area contributed by atoms with E-state index in [0.717, 1.165) is 23.2 Å². The number of hydrogen-bond donors (Lipinski definition) is 1. The number of aromatic nitrogens is 1. The number of aromatic carboxylic acids is 1. The summed E-state index contributed by atoms with van der Waals surface area (Å²) < 4.78 is 2.10. The number of hydrogen-bond acceptors (Lipinski definition) is 2. The first-order chi connectivity index (χ1) is 7.72. The normalized spacial score (nSPS) is 10.8. The van der Waals surface area contributed by atoms with E-state index in [2.05, 4.69) is 10.8 Å². The number of carboxylic acid groups (broad SMARTS) is 1. The van der Waals surface area contributed by atoms with Crippen LogP contribution in [0.5, 0.6) is 0 Å². The smallest absolute Gasteiger partial charge is 0.335 e. The molecule has 0 fully saturated rings. The van der Waals surface area contributed by atoms with Crippen molar-refractivity contribution in [1.29, 1.82) is 0 Å². The van der Waals surface area contributed by atoms with Crippen molar-refractivity contribution in [1.82, 2.24) is 4.57 Å². The summed E-state index contributed by atoms with van der Waals surface area (Å²) in [4.78, 5) is 10.9. The zero-order valence-corrected chi connectivity index (χ0v) is 9.83. The molecule has 0 saturated heterocycles. The van der Waals surface area contributed by atoms with Gasteiger partial charge in [0.2, 0.25) is 0 Å². The molecule has 0 bridgehead atoms. The summed E-state index contributed by atoms with van der Waals surface area (Å²) in [5.41, 5.74) is 1.34. The predicted molar refractivity (Wildman–Crippen MR) is 67.3 cm³/mol. The molecule has 0 unspecified atom stereocenters. The third kappa shape index (κ3) is 2.07. The van der Waals surface area contributed by atoms with Crippen LogP contribution in [0.4, 0.5) is 0 Å². The highest BCUT2D eigenvalue weighted by Crippen LogP contribution is 2.18. The van der Waals surface area contributed by atoms with Gasteiger partial charge < -0.3 is 9.67 Å². The molecule has 0 aliphatic heterocycles. The highest BCUT2D eigenvalue weighted by atomic mass is 32.2. The third-order valence-electron chi connectivity index (χ3n) is 2.56. The quantitative estimate of drug-likeness (QED) is 0.886. The SMILES string of the molecule is CSCCn1ccc2ccc(C(=O)O)cc21. The Bertz CT molecular complexity index is 519. The van der Waals surface area contributed by atoms with Crippen LogP contribution in [-0.2, 0) is 6.54 Å². The average molecular weight is 235 g/mol. The first-order valence-corrected chi connectivity index (χ1v) is 6.43. The predicted octanol–water partition coefficient (Wildman–Crippen LogP) is 2.70. The van der Waals surface area contributed by atoms with E-state index in [0.29, 0.717) is 5.56 Å². The van der Waals surface area contributed by atoms with Crippen LogP contribution in [0, 0.1) is 0 Å². The molecule has 84 valence electrons. The fourth-order valence-corrected chi connectivity index (χ4v) is 2.08. The average Bonchev–Trinajstić information content (AvgIpc) is 2.68. The molecule has 1 N–H and O–H groups in total. The van der Waals surface area contributed by atoms with Gasteiger partial charge in [-0.15, -0.1) is 0 Å². The van der Waals surface area contributed by atoms with Crippen molar-refractivity contribution < 1.29 is 9.90 Å². The molecule has 3 nitrogen and oxygen atoms in total. The summed E-state index contributed by atoms with van der Waals surface area (Å²) >= 11 is 1.78. The second-order valence-corrected chi connectivity index (χ2v) is 4.57. The molecule has 16 heavy (non-hydrogen) atoms. The van der Waals surface area contributed by atoms with Crippen LogP contribution in [0.1, 0.15) is 10.4 Å². The molecule has 2 aromatic rings. The Morgan fingerprint density at radius 2 is 2.25 bits per heavy atom. The van der Waals surface area contributed by atoms with Crippen molar-refractivity contribution in [2.45, 2.75) is 6.54 Å². The fourth-order valence-electron chi connectivity index (χ4n) is 1.70. The van der Waals surface area contributed by atoms with E-state index in [4.69, 9.17) is 5.11 Å². The molecule has 1 aromatic carbocycles. The summed E-state index contributed by atoms with van der Waals surface area (Å²) in [6, 6.07) is 7.25. The summed E-state index contributed by atoms with van der Waals surface area (Å²) in [5, 5.41) is 10.0. The Balaban J connectivity index is 2.43. The van der Waals surface area contributed by atoms with Crippen LogP contribution < -0.4 is 0 Å². The number of thioether (sulfide) groups is 1. The maximum absolute atomic E-state index is 10.9. The minimum Gasteiger partial charge on any atom is -0.478 e. The number of carbonyl (C=O) groups is 1. The maximum Gasteiger partial charge on any atom is 0.335 e. The van der Waals surface area contributed by atoms with Gasteiger partial charge in [0.05, 0.1) is 5.56 Å². The second kappa shape index (κ2) is 4.61. The molecular formula is C12H13NO2S. The maximum atomic E-state index is 10.9. The zero-order chi connectivity index (χ0) is 11.5. The van der Waals surface area contributed by atoms with Crippen molar-refractivity contribution >= 4 is 28.6 Å². The van der Waals surface area contributed by atoms with E-state index in [-0.39, 0.29) is 0 Å². The summed E-state index contributed by atoms with van der Waals surface area (Å²) in [5.74, 6) is 0.153. The standard InChI is InChI=1S/C12H13NO2S/c1-16-7-6-13-5-4-9-2-3-10(12(14)15)8-11(9)13/h2-5,8H,6-7H2,1H3,(H,14,15). The van der Waals surface area contributed by atoms with Crippen LogP contribution in [0.15, 0.2) is 30.5 Å². The van der Waals surface area contributed by atoms with Gasteiger partial charge in [0, 0.05) is 24.0 Å². The Labute approximate surface area is 98.1 Å². The number of carboxylic acids is 1. The Kier molecular flexibility index (Phi) is 3.19. The molecule has 1 heterocycles. The lowest BCUT2D eigenvalue weighted by atomic mass is 10.2. The molecule has 4 heteroatoms. The van der Waals surface area contributed by atoms with Gasteiger partial charge in [0.15, 0.2) is 0 Å². The zero-order valence-electron chi connectivity index (χ0n) is 9.01. The number of fused-ring (bicyclic) bond motifs is 1. The van der Waals surface area contributed by atoms with Crippen molar-refractivity contribution in [2.24, 2.45) is 0 Å². The molecule has 0 atom stereocenters. The molecule has 0 amide bonds. The Hall–Kier alpha value is -1.42. The summed E-state index contributed by atoms with van der Waals surface area (Å²) in [6.45, 7) is 0.910. The molecule has 1 aromatic heterocycles. The van der Waals surface area contributed by atoms with Gasteiger partial charge in [0.25, 0.3) is 0 Å². The molecule has 0 aliphatic carbocycles. The van der Waals surface area contributed by atoms with Gasteiger partial charge in [-0.3, -0.25) is 0 Å². The molecular weight excluding hydrogens is 222 g/mol. The highest BCUT2D eigenvalue weighted by Gasteiger charge is 2.06. The fraction of sp³-hybridized carbons (Fsp3) is 0.250. The van der Waals surface area contributed by atoms with E-state index in [1.165, 1.54) is 0 Å². The highest BCUT2D eigenvalue weighted by molar-refractivity contribution is 7.98. The van der Waals surface area contributed by atoms with Crippen molar-refractivity contribution in [3.05, 3.63) is 36.0 Å². The Morgan fingerprint density at radius 1 is 1.44 bits per heavy atom. The van der Waals surface area contributed by atoms with Gasteiger partial charge in [0.1, 0.15) is 0 Å². The second-order valence-electron chi connectivity index (χ2n) is 3.58. The van der Waals surface area contributed by atoms with Gasteiger partial charge in [-0.1, -0.05) is 6.07 Å². The van der Waals surface area contributed by atoms with Gasteiger partial charge in [-0.2, -0.15) is 11.8 Å². The van der Waals surface area contributed by atoms with E-state index in [1.54, 1.807) is 23.9 Å². The summed E-state index contributed by atoms with van der Waals surface area (Å²) in [6.07, 6.45) is 4.07. The number of nitrogens with zero attached hydrogens (tertiary/aromatic N) is 1. The van der Waals surface area contributed by atoms with E-state index >= 15 is 0 Å². The lowest BCUT2D eigenvalue weighted by molar-refractivity contribution is 0.0697. The van der Waals surface area contributed by atoms with Crippen LogP contribution in [0.3, 0.4) is 0 Å². The molecule has 2 rings (SSSR count). The van der Waals surface area contributed by atoms with E-state index in [9.17, 15) is 4.79 Å². The van der Waals surface area contributed by atoms with Crippen molar-refractivity contribution in [2.75, 3.05) is 12.0 Å². The van der Waals surface area contributed by atoms with E-state index < -0.39 is 5.97 Å². The van der Waals surface area contributed by atoms with Gasteiger partial charge in [-0.25, -0.2) is 4.79 Å².